The molecule has 0 aliphatic carbocycles. The Morgan fingerprint density at radius 1 is 0.974 bits per heavy atom. The SMILES string of the molecule is CN(C)C/C=C/C(=O)Nc1cccc(C(=O)Nc2ccc(Nc3nccc(-c4cccnc4)n3)cc2F)c1. The van der Waals surface area contributed by atoms with Crippen molar-refractivity contribution in [2.24, 2.45) is 0 Å². The number of nitrogens with zero attached hydrogens (tertiary/aromatic N) is 4. The Balaban J connectivity index is 1.40. The molecule has 192 valence electrons. The summed E-state index contributed by atoms with van der Waals surface area (Å²) in [5, 5.41) is 8.24. The van der Waals surface area contributed by atoms with Crippen molar-refractivity contribution in [1.82, 2.24) is 19.9 Å². The lowest BCUT2D eigenvalue weighted by molar-refractivity contribution is -0.111. The second kappa shape index (κ2) is 12.3. The number of hydrogen-bond donors (Lipinski definition) is 3. The number of nitrogens with one attached hydrogen (secondary N) is 3. The minimum Gasteiger partial charge on any atom is -0.324 e. The number of aromatic nitrogens is 3. The number of benzene rings is 2. The van der Waals surface area contributed by atoms with Gasteiger partial charge in [0.2, 0.25) is 11.9 Å². The zero-order chi connectivity index (χ0) is 26.9. The summed E-state index contributed by atoms with van der Waals surface area (Å²) < 4.78 is 14.8. The van der Waals surface area contributed by atoms with Gasteiger partial charge in [-0.05, 0) is 68.7 Å². The number of anilines is 4. The highest BCUT2D eigenvalue weighted by Gasteiger charge is 2.12. The second-order valence-electron chi connectivity index (χ2n) is 8.52. The van der Waals surface area contributed by atoms with E-state index < -0.39 is 11.7 Å². The van der Waals surface area contributed by atoms with Crippen LogP contribution in [-0.2, 0) is 4.79 Å². The molecule has 10 heteroatoms. The quantitative estimate of drug-likeness (QED) is 0.279. The average molecular weight is 512 g/mol. The highest BCUT2D eigenvalue weighted by atomic mass is 19.1. The van der Waals surface area contributed by atoms with E-state index in [1.807, 2.05) is 31.1 Å². The minimum absolute atomic E-state index is 0.00614. The Hall–Kier alpha value is -4.96. The van der Waals surface area contributed by atoms with Crippen LogP contribution in [-0.4, -0.2) is 52.3 Å². The molecular weight excluding hydrogens is 485 g/mol. The van der Waals surface area contributed by atoms with Crippen LogP contribution in [0.1, 0.15) is 10.4 Å². The van der Waals surface area contributed by atoms with Gasteiger partial charge in [-0.2, -0.15) is 0 Å². The molecular formula is C28H26FN7O2. The highest BCUT2D eigenvalue weighted by Crippen LogP contribution is 2.23. The van der Waals surface area contributed by atoms with Crippen molar-refractivity contribution < 1.29 is 14.0 Å². The Morgan fingerprint density at radius 3 is 2.61 bits per heavy atom. The summed E-state index contributed by atoms with van der Waals surface area (Å²) in [5.74, 6) is -1.18. The fraction of sp³-hybridized carbons (Fsp3) is 0.107. The zero-order valence-electron chi connectivity index (χ0n) is 20.9. The van der Waals surface area contributed by atoms with Gasteiger partial charge in [0.05, 0.1) is 11.4 Å². The van der Waals surface area contributed by atoms with Crippen molar-refractivity contribution in [2.45, 2.75) is 0 Å². The third-order valence-corrected chi connectivity index (χ3v) is 5.22. The van der Waals surface area contributed by atoms with Crippen molar-refractivity contribution >= 4 is 34.8 Å². The summed E-state index contributed by atoms with van der Waals surface area (Å²) in [4.78, 5) is 39.5. The average Bonchev–Trinajstić information content (AvgIpc) is 2.91. The number of amides is 2. The third kappa shape index (κ3) is 7.28. The molecule has 2 aromatic heterocycles. The minimum atomic E-state index is -0.637. The molecule has 4 rings (SSSR count). The van der Waals surface area contributed by atoms with Gasteiger partial charge < -0.3 is 20.9 Å². The van der Waals surface area contributed by atoms with E-state index in [0.717, 1.165) is 5.56 Å². The van der Waals surface area contributed by atoms with Gasteiger partial charge in [-0.25, -0.2) is 14.4 Å². The van der Waals surface area contributed by atoms with Crippen molar-refractivity contribution in [3.05, 3.63) is 103 Å². The van der Waals surface area contributed by atoms with Gasteiger partial charge in [-0.15, -0.1) is 0 Å². The zero-order valence-corrected chi connectivity index (χ0v) is 20.9. The number of pyridine rings is 1. The van der Waals surface area contributed by atoms with Gasteiger partial charge in [0, 0.05) is 53.7 Å². The summed E-state index contributed by atoms with van der Waals surface area (Å²) in [6.07, 6.45) is 8.12. The van der Waals surface area contributed by atoms with Gasteiger partial charge in [-0.3, -0.25) is 14.6 Å². The highest BCUT2D eigenvalue weighted by molar-refractivity contribution is 6.06. The molecule has 0 spiro atoms. The van der Waals surface area contributed by atoms with Crippen LogP contribution >= 0.6 is 0 Å². The number of rotatable bonds is 9. The normalized spacial score (nSPS) is 10.9. The molecule has 2 amide bonds. The molecule has 38 heavy (non-hydrogen) atoms. The smallest absolute Gasteiger partial charge is 0.255 e. The van der Waals surface area contributed by atoms with E-state index in [-0.39, 0.29) is 23.1 Å². The fourth-order valence-corrected chi connectivity index (χ4v) is 3.40. The largest absolute Gasteiger partial charge is 0.324 e. The van der Waals surface area contributed by atoms with E-state index in [9.17, 15) is 14.0 Å². The monoisotopic (exact) mass is 511 g/mol. The van der Waals surface area contributed by atoms with Crippen LogP contribution in [0.2, 0.25) is 0 Å². The number of carbonyl (C=O) groups is 2. The van der Waals surface area contributed by atoms with E-state index >= 15 is 0 Å². The van der Waals surface area contributed by atoms with Crippen molar-refractivity contribution in [3.8, 4) is 11.3 Å². The van der Waals surface area contributed by atoms with Crippen LogP contribution in [0.5, 0.6) is 0 Å². The van der Waals surface area contributed by atoms with E-state index in [1.165, 1.54) is 24.3 Å². The third-order valence-electron chi connectivity index (χ3n) is 5.22. The molecule has 0 atom stereocenters. The Bertz CT molecular complexity index is 1460. The molecule has 0 saturated heterocycles. The lowest BCUT2D eigenvalue weighted by Gasteiger charge is -2.11. The second-order valence-corrected chi connectivity index (χ2v) is 8.52. The lowest BCUT2D eigenvalue weighted by Crippen LogP contribution is -2.15. The number of likely N-dealkylation sites (N-methyl/N-ethyl adjacent to an activating group) is 1. The number of halogens is 1. The van der Waals surface area contributed by atoms with E-state index in [0.29, 0.717) is 23.6 Å². The maximum absolute atomic E-state index is 14.8. The first-order valence-electron chi connectivity index (χ1n) is 11.7. The van der Waals surface area contributed by atoms with E-state index in [4.69, 9.17) is 0 Å². The van der Waals surface area contributed by atoms with Gasteiger partial charge in [0.15, 0.2) is 0 Å². The molecule has 2 heterocycles. The predicted molar refractivity (Wildman–Crippen MR) is 146 cm³/mol. The van der Waals surface area contributed by atoms with Gasteiger partial charge >= 0.3 is 0 Å². The first-order chi connectivity index (χ1) is 18.4. The van der Waals surface area contributed by atoms with Crippen molar-refractivity contribution in [3.63, 3.8) is 0 Å². The predicted octanol–water partition coefficient (Wildman–Crippen LogP) is 4.73. The lowest BCUT2D eigenvalue weighted by atomic mass is 10.1. The van der Waals surface area contributed by atoms with Crippen LogP contribution in [0.4, 0.5) is 27.4 Å². The molecule has 0 unspecified atom stereocenters. The molecule has 4 aromatic rings. The summed E-state index contributed by atoms with van der Waals surface area (Å²) >= 11 is 0. The molecule has 3 N–H and O–H groups in total. The topological polar surface area (TPSA) is 112 Å². The molecule has 0 aliphatic rings. The Kier molecular flexibility index (Phi) is 8.47. The van der Waals surface area contributed by atoms with Crippen LogP contribution in [0.15, 0.2) is 91.4 Å². The Labute approximate surface area is 219 Å². The number of hydrogen-bond acceptors (Lipinski definition) is 7. The Morgan fingerprint density at radius 2 is 1.84 bits per heavy atom. The van der Waals surface area contributed by atoms with Gasteiger partial charge in [-0.1, -0.05) is 12.1 Å². The summed E-state index contributed by atoms with van der Waals surface area (Å²) in [6, 6.07) is 16.1. The molecule has 0 bridgehead atoms. The molecule has 0 saturated carbocycles. The molecule has 0 fully saturated rings. The number of carbonyl (C=O) groups excluding carboxylic acids is 2. The molecule has 2 aromatic carbocycles. The first kappa shape index (κ1) is 26.1. The summed E-state index contributed by atoms with van der Waals surface area (Å²) in [6.45, 7) is 0.626. The van der Waals surface area contributed by atoms with E-state index in [1.54, 1.807) is 55.0 Å². The van der Waals surface area contributed by atoms with Crippen LogP contribution in [0.25, 0.3) is 11.3 Å². The first-order valence-corrected chi connectivity index (χ1v) is 11.7. The van der Waals surface area contributed by atoms with Crippen molar-refractivity contribution in [2.75, 3.05) is 36.6 Å². The van der Waals surface area contributed by atoms with Crippen LogP contribution in [0.3, 0.4) is 0 Å². The summed E-state index contributed by atoms with van der Waals surface area (Å²) in [7, 11) is 3.79. The van der Waals surface area contributed by atoms with E-state index in [2.05, 4.69) is 30.9 Å². The van der Waals surface area contributed by atoms with Crippen molar-refractivity contribution in [1.29, 1.82) is 0 Å². The fourth-order valence-electron chi connectivity index (χ4n) is 3.40. The summed E-state index contributed by atoms with van der Waals surface area (Å²) in [5.41, 5.74) is 2.63. The molecule has 0 radical (unpaired) electrons. The molecule has 9 nitrogen and oxygen atoms in total. The standard InChI is InChI=1S/C28H26FN7O2/c1-36(2)15-5-9-26(37)32-21-8-3-6-19(16-21)27(38)34-25-11-10-22(17-23(25)29)33-28-31-14-12-24(35-28)20-7-4-13-30-18-20/h3-14,16-18H,15H2,1-2H3,(H,32,37)(H,34,38)(H,31,33,35)/b9-5+. The van der Waals surface area contributed by atoms with Gasteiger partial charge in [0.1, 0.15) is 5.82 Å². The van der Waals surface area contributed by atoms with Gasteiger partial charge in [0.25, 0.3) is 5.91 Å². The maximum Gasteiger partial charge on any atom is 0.255 e. The van der Waals surface area contributed by atoms with Crippen LogP contribution < -0.4 is 16.0 Å². The van der Waals surface area contributed by atoms with Crippen LogP contribution in [0, 0.1) is 5.82 Å². The molecule has 0 aliphatic heterocycles. The maximum atomic E-state index is 14.8.